The highest BCUT2D eigenvalue weighted by Crippen LogP contribution is 2.60. The Bertz CT molecular complexity index is 1670. The highest BCUT2D eigenvalue weighted by Gasteiger charge is 2.66. The molecule has 3 aromatic rings. The summed E-state index contributed by atoms with van der Waals surface area (Å²) in [6.07, 6.45) is 1.74. The van der Waals surface area contributed by atoms with Gasteiger partial charge in [-0.2, -0.15) is 0 Å². The molecule has 0 saturated carbocycles. The van der Waals surface area contributed by atoms with Crippen LogP contribution in [0.1, 0.15) is 49.3 Å². The molecule has 3 aliphatic heterocycles. The van der Waals surface area contributed by atoms with Gasteiger partial charge >= 0.3 is 0 Å². The van der Waals surface area contributed by atoms with Crippen molar-refractivity contribution in [2.45, 2.75) is 76.0 Å². The van der Waals surface area contributed by atoms with Gasteiger partial charge < -0.3 is 29.3 Å². The van der Waals surface area contributed by atoms with Crippen molar-refractivity contribution in [3.05, 3.63) is 94.0 Å². The molecule has 6 rings (SSSR count). The molecule has 3 aliphatic rings. The summed E-state index contributed by atoms with van der Waals surface area (Å²) in [5.41, 5.74) is 2.38. The van der Waals surface area contributed by atoms with Gasteiger partial charge in [-0.25, -0.2) is 0 Å². The lowest BCUT2D eigenvalue weighted by Gasteiger charge is -2.32. The summed E-state index contributed by atoms with van der Waals surface area (Å²) in [5.74, 6) is -0.696. The topological polar surface area (TPSA) is 111 Å². The molecule has 2 saturated heterocycles. The molecule has 11 heteroatoms. The molecule has 2 N–H and O–H groups in total. The maximum atomic E-state index is 14.8. The van der Waals surface area contributed by atoms with E-state index < -0.39 is 31.5 Å². The Kier molecular flexibility index (Phi) is 9.97. The second-order valence-electron chi connectivity index (χ2n) is 13.8. The summed E-state index contributed by atoms with van der Waals surface area (Å²) in [6.45, 7) is 6.99. The molecule has 3 heterocycles. The van der Waals surface area contributed by atoms with Crippen LogP contribution in [0.3, 0.4) is 0 Å². The number of anilines is 2. The van der Waals surface area contributed by atoms with Crippen LogP contribution in [-0.4, -0.2) is 66.6 Å². The van der Waals surface area contributed by atoms with E-state index in [0.717, 1.165) is 45.4 Å². The van der Waals surface area contributed by atoms with Crippen molar-refractivity contribution in [3.63, 3.8) is 0 Å². The first kappa shape index (κ1) is 34.5. The first-order valence-corrected chi connectivity index (χ1v) is 20.6. The van der Waals surface area contributed by atoms with Gasteiger partial charge in [0.25, 0.3) is 5.91 Å². The Labute approximate surface area is 291 Å². The molecule has 0 unspecified atom stereocenters. The van der Waals surface area contributed by atoms with Crippen LogP contribution in [0.4, 0.5) is 11.4 Å². The molecule has 0 aliphatic carbocycles. The van der Waals surface area contributed by atoms with Crippen molar-refractivity contribution in [1.82, 2.24) is 4.90 Å². The molecule has 9 nitrogen and oxygen atoms in total. The number of carbonyl (C=O) groups excluding carboxylic acids is 3. The highest BCUT2D eigenvalue weighted by molar-refractivity contribution is 9.10. The molecule has 0 aromatic heterocycles. The number of amides is 3. The molecule has 1 spiro atoms. The van der Waals surface area contributed by atoms with E-state index in [2.05, 4.69) is 15.9 Å². The summed E-state index contributed by atoms with van der Waals surface area (Å²) in [7, 11) is -2.99. The van der Waals surface area contributed by atoms with Crippen LogP contribution in [-0.2, 0) is 37.8 Å². The van der Waals surface area contributed by atoms with Crippen LogP contribution in [0, 0.1) is 5.92 Å². The maximum Gasteiger partial charge on any atom is 0.264 e. The molecule has 0 radical (unpaired) electrons. The number of aliphatic hydroxyl groups is 1. The number of ether oxygens (including phenoxy) is 1. The largest absolute Gasteiger partial charge is 0.432 e. The maximum absolute atomic E-state index is 14.8. The Morgan fingerprint density at radius 2 is 1.77 bits per heavy atom. The van der Waals surface area contributed by atoms with E-state index in [1.165, 1.54) is 0 Å². The monoisotopic (exact) mass is 733 g/mol. The fourth-order valence-corrected chi connectivity index (χ4v) is 10.9. The van der Waals surface area contributed by atoms with Gasteiger partial charge in [-0.3, -0.25) is 14.4 Å². The predicted octanol–water partition coefficient (Wildman–Crippen LogP) is 5.72. The minimum atomic E-state index is -2.99. The van der Waals surface area contributed by atoms with Crippen LogP contribution < -0.4 is 9.80 Å². The molecule has 254 valence electrons. The third-order valence-corrected chi connectivity index (χ3v) is 13.2. The zero-order valence-corrected chi connectivity index (χ0v) is 30.4. The molecule has 48 heavy (non-hydrogen) atoms. The van der Waals surface area contributed by atoms with Crippen molar-refractivity contribution in [3.8, 4) is 0 Å². The number of carbonyl (C=O) groups is 3. The SMILES string of the molecule is C[C@@H]1[C@@H]([Si](C)(C)O)[C@H](CC(=O)N(CCO)Cc2ccccc2)O[C@@]12C(=O)N(Cc1ccc(N3CCCCC3=O)cc1)c1ccc(Br)cc12. The molecule has 3 amide bonds. The van der Waals surface area contributed by atoms with Crippen molar-refractivity contribution >= 4 is 53.3 Å². The van der Waals surface area contributed by atoms with Crippen molar-refractivity contribution in [2.24, 2.45) is 5.92 Å². The molecule has 0 bridgehead atoms. The van der Waals surface area contributed by atoms with Crippen LogP contribution in [0.2, 0.25) is 18.6 Å². The van der Waals surface area contributed by atoms with Gasteiger partial charge in [0, 0.05) is 53.2 Å². The summed E-state index contributed by atoms with van der Waals surface area (Å²) in [5, 5.41) is 9.80. The number of rotatable bonds is 10. The third kappa shape index (κ3) is 6.50. The summed E-state index contributed by atoms with van der Waals surface area (Å²) in [4.78, 5) is 58.0. The minimum absolute atomic E-state index is 0.0200. The van der Waals surface area contributed by atoms with E-state index in [9.17, 15) is 24.3 Å². The van der Waals surface area contributed by atoms with Gasteiger partial charge in [0.15, 0.2) is 13.9 Å². The van der Waals surface area contributed by atoms with E-state index in [-0.39, 0.29) is 37.3 Å². The Morgan fingerprint density at radius 3 is 2.44 bits per heavy atom. The van der Waals surface area contributed by atoms with Crippen LogP contribution in [0.5, 0.6) is 0 Å². The number of benzene rings is 3. The van der Waals surface area contributed by atoms with Crippen molar-refractivity contribution < 1.29 is 29.0 Å². The number of piperidine rings is 1. The number of hydrogen-bond acceptors (Lipinski definition) is 6. The Balaban J connectivity index is 1.30. The van der Waals surface area contributed by atoms with Gasteiger partial charge in [0.05, 0.1) is 31.4 Å². The van der Waals surface area contributed by atoms with Crippen molar-refractivity contribution in [2.75, 3.05) is 29.5 Å². The second-order valence-corrected chi connectivity index (χ2v) is 18.7. The number of nitrogens with zero attached hydrogens (tertiary/aromatic N) is 3. The van der Waals surface area contributed by atoms with Gasteiger partial charge in [0.2, 0.25) is 11.8 Å². The Hall–Kier alpha value is -3.35. The lowest BCUT2D eigenvalue weighted by Crippen LogP contribution is -2.46. The summed E-state index contributed by atoms with van der Waals surface area (Å²) < 4.78 is 7.69. The lowest BCUT2D eigenvalue weighted by molar-refractivity contribution is -0.150. The minimum Gasteiger partial charge on any atom is -0.432 e. The average molecular weight is 735 g/mol. The molecular weight excluding hydrogens is 690 g/mol. The van der Waals surface area contributed by atoms with E-state index in [1.807, 2.05) is 97.7 Å². The molecular formula is C37H44BrN3O6Si. The Morgan fingerprint density at radius 1 is 1.04 bits per heavy atom. The first-order valence-electron chi connectivity index (χ1n) is 16.8. The van der Waals surface area contributed by atoms with E-state index in [1.54, 1.807) is 9.80 Å². The molecule has 3 aromatic carbocycles. The van der Waals surface area contributed by atoms with Crippen LogP contribution >= 0.6 is 15.9 Å². The van der Waals surface area contributed by atoms with E-state index in [0.29, 0.717) is 26.1 Å². The van der Waals surface area contributed by atoms with Crippen molar-refractivity contribution in [1.29, 1.82) is 0 Å². The smallest absolute Gasteiger partial charge is 0.264 e. The fourth-order valence-electron chi connectivity index (χ4n) is 7.97. The van der Waals surface area contributed by atoms with E-state index >= 15 is 0 Å². The summed E-state index contributed by atoms with van der Waals surface area (Å²) >= 11 is 3.61. The van der Waals surface area contributed by atoms with E-state index in [4.69, 9.17) is 4.74 Å². The first-order chi connectivity index (χ1) is 22.9. The third-order valence-electron chi connectivity index (χ3n) is 10.2. The number of fused-ring (bicyclic) bond motifs is 2. The van der Waals surface area contributed by atoms with Gasteiger partial charge in [-0.15, -0.1) is 0 Å². The standard InChI is InChI=1S/C37H44BrN3O6Si/c1-25-35(48(2,3)46)32(22-34(44)39(19-20-42)23-26-9-5-4-6-10-26)47-37(25)30-21-28(38)14-17-31(30)41(36(37)45)24-27-12-15-29(16-13-27)40-18-8-7-11-33(40)43/h4-6,9-10,12-17,21,25,32,35,42,46H,7-8,11,18-20,22-24H2,1-3H3/t25-,32+,35-,37+/m1/s1. The highest BCUT2D eigenvalue weighted by atomic mass is 79.9. The quantitative estimate of drug-likeness (QED) is 0.258. The number of halogens is 1. The van der Waals surface area contributed by atoms with Gasteiger partial charge in [-0.1, -0.05) is 65.3 Å². The average Bonchev–Trinajstić information content (AvgIpc) is 3.48. The lowest BCUT2D eigenvalue weighted by atomic mass is 9.82. The van der Waals surface area contributed by atoms with Crippen LogP contribution in [0.15, 0.2) is 77.3 Å². The predicted molar refractivity (Wildman–Crippen MR) is 191 cm³/mol. The van der Waals surface area contributed by atoms with Crippen LogP contribution in [0.25, 0.3) is 0 Å². The molecule has 4 atom stereocenters. The number of hydrogen-bond donors (Lipinski definition) is 2. The normalized spacial score (nSPS) is 24.0. The second kappa shape index (κ2) is 13.9. The molecule has 2 fully saturated rings. The van der Waals surface area contributed by atoms with Gasteiger partial charge in [0.1, 0.15) is 0 Å². The fraction of sp³-hybridized carbons (Fsp3) is 0.432. The number of aliphatic hydroxyl groups excluding tert-OH is 1. The zero-order valence-electron chi connectivity index (χ0n) is 27.8. The van der Waals surface area contributed by atoms with Gasteiger partial charge in [-0.05, 0) is 67.4 Å². The zero-order chi connectivity index (χ0) is 34.2. The summed E-state index contributed by atoms with van der Waals surface area (Å²) in [6, 6.07) is 23.2.